The van der Waals surface area contributed by atoms with E-state index in [2.05, 4.69) is 14.1 Å². The molecule has 0 atom stereocenters. The number of hydrogen-bond acceptors (Lipinski definition) is 3. The van der Waals surface area contributed by atoms with E-state index in [1.54, 1.807) is 0 Å². The van der Waals surface area contributed by atoms with Gasteiger partial charge in [-0.15, -0.1) is 0 Å². The SMILES string of the molecule is [CH2-]N([CH2-])C(=O)c1cc(F)c(O)c(C=O)c1.[CH3-].[Y+3]. The summed E-state index contributed by atoms with van der Waals surface area (Å²) in [4.78, 5) is 22.5. The van der Waals surface area contributed by atoms with Crippen LogP contribution in [0.4, 0.5) is 4.39 Å². The van der Waals surface area contributed by atoms with Gasteiger partial charge in [0.2, 0.25) is 0 Å². The van der Waals surface area contributed by atoms with E-state index in [-0.39, 0.29) is 57.5 Å². The third-order valence-corrected chi connectivity index (χ3v) is 1.75. The van der Waals surface area contributed by atoms with Gasteiger partial charge in [-0.2, -0.15) is 0 Å². The van der Waals surface area contributed by atoms with Gasteiger partial charge < -0.3 is 17.4 Å². The van der Waals surface area contributed by atoms with Crippen LogP contribution >= 0.6 is 0 Å². The number of phenolic OH excluding ortho intramolecular Hbond substituents is 1. The molecular formula is C11H11FNO3Y. The van der Waals surface area contributed by atoms with Gasteiger partial charge in [0.25, 0.3) is 0 Å². The second kappa shape index (κ2) is 7.51. The molecule has 0 saturated carbocycles. The van der Waals surface area contributed by atoms with Crippen molar-refractivity contribution < 1.29 is 51.8 Å². The summed E-state index contributed by atoms with van der Waals surface area (Å²) in [5.74, 6) is -2.47. The molecule has 0 aliphatic carbocycles. The Hall–Kier alpha value is -0.806. The number of nitrogens with zero attached hydrogens (tertiary/aromatic N) is 1. The van der Waals surface area contributed by atoms with Crippen LogP contribution in [0.25, 0.3) is 0 Å². The molecule has 0 fully saturated rings. The Morgan fingerprint density at radius 1 is 1.41 bits per heavy atom. The summed E-state index contributed by atoms with van der Waals surface area (Å²) in [7, 11) is 6.44. The van der Waals surface area contributed by atoms with Gasteiger partial charge in [-0.05, 0) is 12.1 Å². The van der Waals surface area contributed by atoms with Crippen LogP contribution in [-0.2, 0) is 32.7 Å². The summed E-state index contributed by atoms with van der Waals surface area (Å²) in [6, 6.07) is 1.88. The molecule has 1 N–H and O–H groups in total. The fourth-order valence-corrected chi connectivity index (χ4v) is 1.02. The maximum absolute atomic E-state index is 13.0. The molecule has 88 valence electrons. The molecule has 1 rings (SSSR count). The van der Waals surface area contributed by atoms with Crippen LogP contribution in [-0.4, -0.2) is 22.2 Å². The number of aldehydes is 1. The van der Waals surface area contributed by atoms with Crippen molar-refractivity contribution in [2.45, 2.75) is 0 Å². The van der Waals surface area contributed by atoms with E-state index in [9.17, 15) is 14.0 Å². The summed E-state index contributed by atoms with van der Waals surface area (Å²) in [5, 5.41) is 9.08. The maximum atomic E-state index is 13.0. The molecule has 0 spiro atoms. The van der Waals surface area contributed by atoms with Gasteiger partial charge in [-0.25, -0.2) is 4.39 Å². The average molecular weight is 313 g/mol. The second-order valence-corrected chi connectivity index (χ2v) is 2.86. The molecule has 4 nitrogen and oxygen atoms in total. The van der Waals surface area contributed by atoms with Crippen molar-refractivity contribution in [2.75, 3.05) is 0 Å². The van der Waals surface area contributed by atoms with Gasteiger partial charge in [-0.3, -0.25) is 23.7 Å². The van der Waals surface area contributed by atoms with E-state index in [0.717, 1.165) is 17.0 Å². The normalized spacial score (nSPS) is 8.65. The van der Waals surface area contributed by atoms with Crippen molar-refractivity contribution >= 4 is 12.2 Å². The van der Waals surface area contributed by atoms with Crippen LogP contribution in [0.3, 0.4) is 0 Å². The summed E-state index contributed by atoms with van der Waals surface area (Å²) >= 11 is 0. The number of hydrogen-bond donors (Lipinski definition) is 1. The third kappa shape index (κ3) is 4.17. The molecule has 0 aliphatic rings. The Bertz CT molecular complexity index is 421. The first-order chi connectivity index (χ1) is 6.97. The van der Waals surface area contributed by atoms with E-state index in [1.165, 1.54) is 0 Å². The molecule has 0 heterocycles. The van der Waals surface area contributed by atoms with Crippen LogP contribution in [0.2, 0.25) is 0 Å². The Balaban J connectivity index is 0. The molecular weight excluding hydrogens is 302 g/mol. The first-order valence-electron chi connectivity index (χ1n) is 3.90. The fraction of sp³-hybridized carbons (Fsp3) is 0. The minimum atomic E-state index is -1.04. The predicted molar refractivity (Wildman–Crippen MR) is 56.7 cm³/mol. The number of aromatic hydroxyl groups is 1. The van der Waals surface area contributed by atoms with Crippen molar-refractivity contribution in [3.8, 4) is 5.75 Å². The van der Waals surface area contributed by atoms with E-state index < -0.39 is 17.5 Å². The Kier molecular flexibility index (Phi) is 8.19. The first-order valence-corrected chi connectivity index (χ1v) is 3.90. The zero-order valence-electron chi connectivity index (χ0n) is 9.31. The summed E-state index contributed by atoms with van der Waals surface area (Å²) in [6.07, 6.45) is 0.256. The van der Waals surface area contributed by atoms with Crippen LogP contribution < -0.4 is 0 Å². The zero-order chi connectivity index (χ0) is 11.6. The molecule has 17 heavy (non-hydrogen) atoms. The van der Waals surface area contributed by atoms with Gasteiger partial charge in [0.05, 0.1) is 5.56 Å². The van der Waals surface area contributed by atoms with Crippen molar-refractivity contribution in [3.63, 3.8) is 0 Å². The van der Waals surface area contributed by atoms with Gasteiger partial charge in [0.1, 0.15) is 0 Å². The van der Waals surface area contributed by atoms with Gasteiger partial charge in [0, 0.05) is 5.56 Å². The Morgan fingerprint density at radius 3 is 2.35 bits per heavy atom. The molecule has 1 aromatic carbocycles. The van der Waals surface area contributed by atoms with E-state index in [0.29, 0.717) is 0 Å². The van der Waals surface area contributed by atoms with Crippen molar-refractivity contribution in [1.82, 2.24) is 4.90 Å². The quantitative estimate of drug-likeness (QED) is 0.669. The molecule has 0 radical (unpaired) electrons. The number of halogens is 1. The number of benzene rings is 1. The third-order valence-electron chi connectivity index (χ3n) is 1.75. The number of phenols is 1. The molecule has 1 amide bonds. The largest absolute Gasteiger partial charge is 3.00 e. The predicted octanol–water partition coefficient (Wildman–Crippen LogP) is 1.82. The fourth-order valence-electron chi connectivity index (χ4n) is 1.02. The molecule has 0 bridgehead atoms. The van der Waals surface area contributed by atoms with E-state index in [1.807, 2.05) is 0 Å². The standard InChI is InChI=1S/C10H8FNO3.CH3.Y/c1-12(2)10(15)6-3-7(5-13)9(14)8(11)4-6;;/h3-5,14H,1-2H2;1H3;/q-2;-1;+3. The second-order valence-electron chi connectivity index (χ2n) is 2.86. The smallest absolute Gasteiger partial charge is 0.637 e. The van der Waals surface area contributed by atoms with Crippen molar-refractivity contribution in [1.29, 1.82) is 0 Å². The van der Waals surface area contributed by atoms with Crippen molar-refractivity contribution in [3.05, 3.63) is 50.6 Å². The molecule has 0 aliphatic heterocycles. The Labute approximate surface area is 125 Å². The monoisotopic (exact) mass is 313 g/mol. The van der Waals surface area contributed by atoms with Crippen LogP contribution in [0.15, 0.2) is 12.1 Å². The van der Waals surface area contributed by atoms with Gasteiger partial charge in [-0.1, -0.05) is 0 Å². The molecule has 0 unspecified atom stereocenters. The van der Waals surface area contributed by atoms with Crippen molar-refractivity contribution in [2.24, 2.45) is 0 Å². The molecule has 6 heteroatoms. The van der Waals surface area contributed by atoms with Crippen LogP contribution in [0.5, 0.6) is 5.75 Å². The number of carbonyl (C=O) groups excluding carboxylic acids is 2. The molecule has 0 saturated heterocycles. The van der Waals surface area contributed by atoms with Gasteiger partial charge in [0.15, 0.2) is 23.8 Å². The Morgan fingerprint density at radius 2 is 1.94 bits per heavy atom. The number of carbonyl (C=O) groups is 2. The average Bonchev–Trinajstić information content (AvgIpc) is 2.20. The topological polar surface area (TPSA) is 57.6 Å². The molecule has 0 aromatic heterocycles. The van der Waals surface area contributed by atoms with Crippen LogP contribution in [0, 0.1) is 27.3 Å². The zero-order valence-corrected chi connectivity index (χ0v) is 12.2. The molecule has 1 aromatic rings. The maximum Gasteiger partial charge on any atom is 3.00 e. The van der Waals surface area contributed by atoms with Crippen LogP contribution in [0.1, 0.15) is 20.7 Å². The number of rotatable bonds is 2. The minimum absolute atomic E-state index is 0. The van der Waals surface area contributed by atoms with E-state index >= 15 is 0 Å². The summed E-state index contributed by atoms with van der Waals surface area (Å²) in [5.41, 5.74) is -0.391. The summed E-state index contributed by atoms with van der Waals surface area (Å²) in [6.45, 7) is 0. The van der Waals surface area contributed by atoms with Gasteiger partial charge >= 0.3 is 32.7 Å². The minimum Gasteiger partial charge on any atom is -0.637 e. The first kappa shape index (κ1) is 18.6. The van der Waals surface area contributed by atoms with E-state index in [4.69, 9.17) is 5.11 Å². The number of amides is 1. The summed E-state index contributed by atoms with van der Waals surface area (Å²) < 4.78 is 13.0.